The van der Waals surface area contributed by atoms with Crippen molar-refractivity contribution in [3.63, 3.8) is 0 Å². The summed E-state index contributed by atoms with van der Waals surface area (Å²) in [6.07, 6.45) is -1.86. The Morgan fingerprint density at radius 2 is 1.62 bits per heavy atom. The summed E-state index contributed by atoms with van der Waals surface area (Å²) in [5, 5.41) is 33.2. The minimum absolute atomic E-state index is 0.213. The molecule has 32 heavy (non-hydrogen) atoms. The van der Waals surface area contributed by atoms with Gasteiger partial charge in [-0.2, -0.15) is 5.26 Å². The Morgan fingerprint density at radius 3 is 2.12 bits per heavy atom. The Balaban J connectivity index is 2.25. The zero-order chi connectivity index (χ0) is 23.7. The molecular formula is C25H30N2O5. The molecule has 4 unspecified atom stereocenters. The predicted octanol–water partition coefficient (Wildman–Crippen LogP) is 3.88. The standard InChI is InChI=1S/C25H30N2O5/c1-25(2,3)32-24(31)27-21(14-17-10-6-4-7-11-17)22(28)15-19(23(29)30)20(16-26)18-12-8-5-9-13-18/h4-13,19-22,28H,14-15H2,1-3H3,(H,27,31)(H,29,30). The van der Waals surface area contributed by atoms with Crippen LogP contribution < -0.4 is 5.32 Å². The molecule has 0 saturated heterocycles. The molecule has 170 valence electrons. The van der Waals surface area contributed by atoms with Crippen molar-refractivity contribution in [3.05, 3.63) is 71.8 Å². The third-order valence-electron chi connectivity index (χ3n) is 4.98. The van der Waals surface area contributed by atoms with Gasteiger partial charge < -0.3 is 20.3 Å². The van der Waals surface area contributed by atoms with Crippen LogP contribution in [0.2, 0.25) is 0 Å². The number of carbonyl (C=O) groups excluding carboxylic acids is 1. The van der Waals surface area contributed by atoms with Gasteiger partial charge in [0.1, 0.15) is 5.60 Å². The van der Waals surface area contributed by atoms with Gasteiger partial charge in [0.15, 0.2) is 0 Å². The SMILES string of the molecule is CC(C)(C)OC(=O)NC(Cc1ccccc1)C(O)CC(C(=O)O)C(C#N)c1ccccc1. The van der Waals surface area contributed by atoms with Gasteiger partial charge >= 0.3 is 12.1 Å². The smallest absolute Gasteiger partial charge is 0.407 e. The highest BCUT2D eigenvalue weighted by Crippen LogP contribution is 2.29. The maximum absolute atomic E-state index is 12.4. The summed E-state index contributed by atoms with van der Waals surface area (Å²) >= 11 is 0. The van der Waals surface area contributed by atoms with Crippen LogP contribution in [0.15, 0.2) is 60.7 Å². The number of aliphatic hydroxyl groups is 1. The van der Waals surface area contributed by atoms with Crippen molar-refractivity contribution in [1.29, 1.82) is 5.26 Å². The second-order valence-electron chi connectivity index (χ2n) is 8.71. The van der Waals surface area contributed by atoms with E-state index in [2.05, 4.69) is 11.4 Å². The number of hydrogen-bond donors (Lipinski definition) is 3. The molecule has 0 radical (unpaired) electrons. The first-order chi connectivity index (χ1) is 15.1. The highest BCUT2D eigenvalue weighted by molar-refractivity contribution is 5.72. The van der Waals surface area contributed by atoms with E-state index in [0.29, 0.717) is 5.56 Å². The lowest BCUT2D eigenvalue weighted by atomic mass is 9.82. The molecule has 0 heterocycles. The number of carboxylic acid groups (broad SMARTS) is 1. The fraction of sp³-hybridized carbons (Fsp3) is 0.400. The Morgan fingerprint density at radius 1 is 1.06 bits per heavy atom. The number of benzene rings is 2. The molecule has 7 heteroatoms. The second kappa shape index (κ2) is 11.3. The Bertz CT molecular complexity index is 919. The number of nitrogens with one attached hydrogen (secondary N) is 1. The Hall–Kier alpha value is -3.37. The molecule has 0 aliphatic rings. The number of hydrogen-bond acceptors (Lipinski definition) is 5. The number of nitriles is 1. The first-order valence-corrected chi connectivity index (χ1v) is 10.5. The summed E-state index contributed by atoms with van der Waals surface area (Å²) in [4.78, 5) is 24.4. The molecule has 0 bridgehead atoms. The number of nitrogens with zero attached hydrogens (tertiary/aromatic N) is 1. The van der Waals surface area contributed by atoms with Crippen LogP contribution in [0.25, 0.3) is 0 Å². The summed E-state index contributed by atoms with van der Waals surface area (Å²) in [6.45, 7) is 5.19. The van der Waals surface area contributed by atoms with Gasteiger partial charge in [0, 0.05) is 0 Å². The van der Waals surface area contributed by atoms with Crippen molar-refractivity contribution in [2.24, 2.45) is 5.92 Å². The summed E-state index contributed by atoms with van der Waals surface area (Å²) in [7, 11) is 0. The monoisotopic (exact) mass is 438 g/mol. The van der Waals surface area contributed by atoms with Gasteiger partial charge in [-0.1, -0.05) is 60.7 Å². The van der Waals surface area contributed by atoms with Gasteiger partial charge in [-0.15, -0.1) is 0 Å². The van der Waals surface area contributed by atoms with E-state index in [9.17, 15) is 25.1 Å². The first kappa shape index (κ1) is 24.9. The number of carboxylic acids is 1. The van der Waals surface area contributed by atoms with Gasteiger partial charge in [0.2, 0.25) is 0 Å². The number of alkyl carbamates (subject to hydrolysis) is 1. The molecule has 0 spiro atoms. The minimum Gasteiger partial charge on any atom is -0.481 e. The summed E-state index contributed by atoms with van der Waals surface area (Å²) in [5.74, 6) is -3.28. The number of carbonyl (C=O) groups is 2. The average Bonchev–Trinajstić information content (AvgIpc) is 2.73. The van der Waals surface area contributed by atoms with Crippen molar-refractivity contribution in [3.8, 4) is 6.07 Å². The fourth-order valence-corrected chi connectivity index (χ4v) is 3.47. The quantitative estimate of drug-likeness (QED) is 0.546. The van der Waals surface area contributed by atoms with E-state index in [1.165, 1.54) is 0 Å². The molecule has 0 aromatic heterocycles. The van der Waals surface area contributed by atoms with Crippen LogP contribution in [-0.4, -0.2) is 40.0 Å². The van der Waals surface area contributed by atoms with Crippen LogP contribution in [0.1, 0.15) is 44.2 Å². The molecule has 4 atom stereocenters. The zero-order valence-electron chi connectivity index (χ0n) is 18.6. The van der Waals surface area contributed by atoms with Crippen molar-refractivity contribution < 1.29 is 24.5 Å². The Labute approximate surface area is 188 Å². The van der Waals surface area contributed by atoms with E-state index >= 15 is 0 Å². The van der Waals surface area contributed by atoms with Crippen LogP contribution in [0.4, 0.5) is 4.79 Å². The summed E-state index contributed by atoms with van der Waals surface area (Å²) < 4.78 is 5.32. The number of ether oxygens (including phenoxy) is 1. The molecule has 0 aliphatic heterocycles. The lowest BCUT2D eigenvalue weighted by Crippen LogP contribution is -2.48. The average molecular weight is 439 g/mol. The number of rotatable bonds is 9. The molecule has 3 N–H and O–H groups in total. The van der Waals surface area contributed by atoms with Crippen molar-refractivity contribution in [2.75, 3.05) is 0 Å². The van der Waals surface area contributed by atoms with Crippen molar-refractivity contribution in [1.82, 2.24) is 5.32 Å². The minimum atomic E-state index is -1.22. The van der Waals surface area contributed by atoms with Crippen LogP contribution in [0.5, 0.6) is 0 Å². The van der Waals surface area contributed by atoms with Gasteiger partial charge in [-0.05, 0) is 44.7 Å². The van der Waals surface area contributed by atoms with Gasteiger partial charge in [-0.3, -0.25) is 4.79 Å². The maximum atomic E-state index is 12.4. The molecule has 2 aromatic rings. The van der Waals surface area contributed by atoms with Crippen molar-refractivity contribution >= 4 is 12.1 Å². The predicted molar refractivity (Wildman–Crippen MR) is 120 cm³/mol. The lowest BCUT2D eigenvalue weighted by Gasteiger charge is -2.29. The van der Waals surface area contributed by atoms with Gasteiger partial charge in [0.25, 0.3) is 0 Å². The third-order valence-corrected chi connectivity index (χ3v) is 4.98. The molecule has 2 rings (SSSR count). The number of aliphatic carboxylic acids is 1. The lowest BCUT2D eigenvalue weighted by molar-refractivity contribution is -0.143. The molecular weight excluding hydrogens is 408 g/mol. The normalized spacial score (nSPS) is 15.0. The van der Waals surface area contributed by atoms with E-state index in [1.807, 2.05) is 30.3 Å². The van der Waals surface area contributed by atoms with E-state index in [4.69, 9.17) is 4.74 Å². The molecule has 0 saturated carbocycles. The largest absolute Gasteiger partial charge is 0.481 e. The van der Waals surface area contributed by atoms with E-state index in [-0.39, 0.29) is 12.8 Å². The van der Waals surface area contributed by atoms with Crippen LogP contribution in [0, 0.1) is 17.2 Å². The highest BCUT2D eigenvalue weighted by atomic mass is 16.6. The number of aliphatic hydroxyl groups excluding tert-OH is 1. The Kier molecular flexibility index (Phi) is 8.80. The molecule has 7 nitrogen and oxygen atoms in total. The first-order valence-electron chi connectivity index (χ1n) is 10.5. The summed E-state index contributed by atoms with van der Waals surface area (Å²) in [6, 6.07) is 19.1. The second-order valence-corrected chi connectivity index (χ2v) is 8.71. The van der Waals surface area contributed by atoms with Gasteiger partial charge in [-0.25, -0.2) is 4.79 Å². The summed E-state index contributed by atoms with van der Waals surface area (Å²) in [5.41, 5.74) is 0.698. The zero-order valence-corrected chi connectivity index (χ0v) is 18.6. The fourth-order valence-electron chi connectivity index (χ4n) is 3.47. The molecule has 0 aliphatic carbocycles. The highest BCUT2D eigenvalue weighted by Gasteiger charge is 2.35. The van der Waals surface area contributed by atoms with E-state index in [0.717, 1.165) is 5.56 Å². The molecule has 1 amide bonds. The third kappa shape index (κ3) is 7.71. The topological polar surface area (TPSA) is 120 Å². The molecule has 2 aromatic carbocycles. The van der Waals surface area contributed by atoms with Crippen LogP contribution in [0.3, 0.4) is 0 Å². The van der Waals surface area contributed by atoms with Crippen molar-refractivity contribution in [2.45, 2.75) is 57.3 Å². The molecule has 0 fully saturated rings. The van der Waals surface area contributed by atoms with Crippen LogP contribution in [-0.2, 0) is 16.0 Å². The van der Waals surface area contributed by atoms with E-state index < -0.39 is 41.6 Å². The number of amides is 1. The van der Waals surface area contributed by atoms with E-state index in [1.54, 1.807) is 51.1 Å². The van der Waals surface area contributed by atoms with Gasteiger partial charge in [0.05, 0.1) is 30.1 Å². The van der Waals surface area contributed by atoms with Crippen LogP contribution >= 0.6 is 0 Å². The maximum Gasteiger partial charge on any atom is 0.407 e.